The molecule has 1 aromatic carbocycles. The fourth-order valence-electron chi connectivity index (χ4n) is 2.58. The standard InChI is InChI=1S/C17H19FN4/c1-13(20-21-17-6-2-3-9-19-17)14-7-8-16(15(18)12-14)22-10-4-5-11-22/h2-3,6-9,12H,4-5,10-11H2,1H3,(H,19,21)/b20-13-. The van der Waals surface area contributed by atoms with Crippen LogP contribution >= 0.6 is 0 Å². The topological polar surface area (TPSA) is 40.5 Å². The van der Waals surface area contributed by atoms with E-state index in [1.807, 2.05) is 37.3 Å². The second kappa shape index (κ2) is 6.56. The third-order valence-electron chi connectivity index (χ3n) is 3.82. The summed E-state index contributed by atoms with van der Waals surface area (Å²) in [5.41, 5.74) is 5.05. The first-order valence-corrected chi connectivity index (χ1v) is 7.50. The van der Waals surface area contributed by atoms with Gasteiger partial charge in [-0.25, -0.2) is 9.37 Å². The quantitative estimate of drug-likeness (QED) is 0.692. The highest BCUT2D eigenvalue weighted by molar-refractivity contribution is 5.99. The molecule has 0 amide bonds. The van der Waals surface area contributed by atoms with E-state index in [-0.39, 0.29) is 5.82 Å². The largest absolute Gasteiger partial charge is 0.369 e. The van der Waals surface area contributed by atoms with Gasteiger partial charge in [-0.05, 0) is 44.0 Å². The lowest BCUT2D eigenvalue weighted by Gasteiger charge is -2.18. The number of hydrogen-bond acceptors (Lipinski definition) is 4. The zero-order valence-corrected chi connectivity index (χ0v) is 12.6. The number of hydrazone groups is 1. The van der Waals surface area contributed by atoms with Crippen LogP contribution in [-0.2, 0) is 0 Å². The first-order valence-electron chi connectivity index (χ1n) is 7.50. The molecule has 1 N–H and O–H groups in total. The number of benzene rings is 1. The summed E-state index contributed by atoms with van der Waals surface area (Å²) in [7, 11) is 0. The van der Waals surface area contributed by atoms with Gasteiger partial charge in [-0.2, -0.15) is 5.10 Å². The average molecular weight is 298 g/mol. The van der Waals surface area contributed by atoms with Crippen molar-refractivity contribution >= 4 is 17.2 Å². The molecule has 3 rings (SSSR count). The number of pyridine rings is 1. The van der Waals surface area contributed by atoms with E-state index >= 15 is 0 Å². The number of nitrogens with zero attached hydrogens (tertiary/aromatic N) is 3. The SMILES string of the molecule is C/C(=N/Nc1ccccn1)c1ccc(N2CCCC2)c(F)c1. The van der Waals surface area contributed by atoms with Gasteiger partial charge < -0.3 is 4.90 Å². The van der Waals surface area contributed by atoms with Crippen LogP contribution in [0.25, 0.3) is 0 Å². The number of anilines is 2. The molecular formula is C17H19FN4. The molecule has 1 fully saturated rings. The zero-order chi connectivity index (χ0) is 15.4. The fraction of sp³-hybridized carbons (Fsp3) is 0.294. The molecule has 0 atom stereocenters. The van der Waals surface area contributed by atoms with Gasteiger partial charge in [0.15, 0.2) is 0 Å². The van der Waals surface area contributed by atoms with Crippen LogP contribution < -0.4 is 10.3 Å². The fourth-order valence-corrected chi connectivity index (χ4v) is 2.58. The minimum atomic E-state index is -0.188. The van der Waals surface area contributed by atoms with Gasteiger partial charge in [-0.15, -0.1) is 0 Å². The van der Waals surface area contributed by atoms with Crippen LogP contribution in [0.3, 0.4) is 0 Å². The zero-order valence-electron chi connectivity index (χ0n) is 12.6. The normalized spacial score (nSPS) is 15.2. The molecule has 0 spiro atoms. The number of hydrogen-bond donors (Lipinski definition) is 1. The Morgan fingerprint density at radius 1 is 1.23 bits per heavy atom. The first kappa shape index (κ1) is 14.5. The molecule has 0 aliphatic carbocycles. The predicted molar refractivity (Wildman–Crippen MR) is 87.9 cm³/mol. The van der Waals surface area contributed by atoms with Crippen LogP contribution in [-0.4, -0.2) is 23.8 Å². The van der Waals surface area contributed by atoms with Crippen molar-refractivity contribution in [3.8, 4) is 0 Å². The maximum absolute atomic E-state index is 14.3. The Morgan fingerprint density at radius 3 is 2.73 bits per heavy atom. The van der Waals surface area contributed by atoms with E-state index in [4.69, 9.17) is 0 Å². The van der Waals surface area contributed by atoms with Crippen molar-refractivity contribution < 1.29 is 4.39 Å². The molecule has 2 heterocycles. The van der Waals surface area contributed by atoms with Gasteiger partial charge in [-0.3, -0.25) is 5.43 Å². The molecule has 1 saturated heterocycles. The third-order valence-corrected chi connectivity index (χ3v) is 3.82. The van der Waals surface area contributed by atoms with E-state index in [0.29, 0.717) is 11.5 Å². The Kier molecular flexibility index (Phi) is 4.32. The van der Waals surface area contributed by atoms with Crippen LogP contribution in [0, 0.1) is 5.82 Å². The molecule has 5 heteroatoms. The first-order chi connectivity index (χ1) is 10.7. The van der Waals surface area contributed by atoms with Crippen molar-refractivity contribution in [2.75, 3.05) is 23.4 Å². The summed E-state index contributed by atoms with van der Waals surface area (Å²) < 4.78 is 14.3. The Bertz CT molecular complexity index is 664. The number of nitrogens with one attached hydrogen (secondary N) is 1. The van der Waals surface area contributed by atoms with Gasteiger partial charge >= 0.3 is 0 Å². The van der Waals surface area contributed by atoms with Crippen molar-refractivity contribution in [3.63, 3.8) is 0 Å². The molecular weight excluding hydrogens is 279 g/mol. The van der Waals surface area contributed by atoms with E-state index in [1.54, 1.807) is 12.3 Å². The van der Waals surface area contributed by atoms with Crippen molar-refractivity contribution in [3.05, 3.63) is 54.0 Å². The molecule has 2 aromatic rings. The lowest BCUT2D eigenvalue weighted by Crippen LogP contribution is -2.19. The highest BCUT2D eigenvalue weighted by atomic mass is 19.1. The maximum atomic E-state index is 14.3. The van der Waals surface area contributed by atoms with Gasteiger partial charge in [0, 0.05) is 24.8 Å². The molecule has 0 unspecified atom stereocenters. The molecule has 1 aliphatic rings. The summed E-state index contributed by atoms with van der Waals surface area (Å²) >= 11 is 0. The van der Waals surface area contributed by atoms with Crippen molar-refractivity contribution in [1.82, 2.24) is 4.98 Å². The highest BCUT2D eigenvalue weighted by Crippen LogP contribution is 2.24. The van der Waals surface area contributed by atoms with Crippen LogP contribution in [0.15, 0.2) is 47.7 Å². The number of rotatable bonds is 4. The minimum absolute atomic E-state index is 0.188. The Morgan fingerprint density at radius 2 is 2.05 bits per heavy atom. The molecule has 0 radical (unpaired) electrons. The van der Waals surface area contributed by atoms with E-state index < -0.39 is 0 Å². The maximum Gasteiger partial charge on any atom is 0.147 e. The summed E-state index contributed by atoms with van der Waals surface area (Å²) in [5.74, 6) is 0.475. The van der Waals surface area contributed by atoms with Crippen molar-refractivity contribution in [2.24, 2.45) is 5.10 Å². The van der Waals surface area contributed by atoms with Crippen molar-refractivity contribution in [2.45, 2.75) is 19.8 Å². The summed E-state index contributed by atoms with van der Waals surface area (Å²) in [5, 5.41) is 4.26. The molecule has 0 bridgehead atoms. The number of aromatic nitrogens is 1. The lowest BCUT2D eigenvalue weighted by molar-refractivity contribution is 0.623. The smallest absolute Gasteiger partial charge is 0.147 e. The van der Waals surface area contributed by atoms with Gasteiger partial charge in [-0.1, -0.05) is 12.1 Å². The third kappa shape index (κ3) is 3.24. The van der Waals surface area contributed by atoms with Gasteiger partial charge in [0.1, 0.15) is 11.6 Å². The second-order valence-electron chi connectivity index (χ2n) is 5.38. The molecule has 4 nitrogen and oxygen atoms in total. The van der Waals surface area contributed by atoms with E-state index in [0.717, 1.165) is 37.2 Å². The van der Waals surface area contributed by atoms with E-state index in [9.17, 15) is 4.39 Å². The van der Waals surface area contributed by atoms with Gasteiger partial charge in [0.2, 0.25) is 0 Å². The highest BCUT2D eigenvalue weighted by Gasteiger charge is 2.16. The van der Waals surface area contributed by atoms with E-state index in [1.165, 1.54) is 0 Å². The molecule has 22 heavy (non-hydrogen) atoms. The average Bonchev–Trinajstić information content (AvgIpc) is 3.07. The molecule has 0 saturated carbocycles. The lowest BCUT2D eigenvalue weighted by atomic mass is 10.1. The van der Waals surface area contributed by atoms with Crippen LogP contribution in [0.2, 0.25) is 0 Å². The van der Waals surface area contributed by atoms with Gasteiger partial charge in [0.25, 0.3) is 0 Å². The Labute approximate surface area is 129 Å². The summed E-state index contributed by atoms with van der Waals surface area (Å²) in [6.07, 6.45) is 3.96. The summed E-state index contributed by atoms with van der Waals surface area (Å²) in [6.45, 7) is 3.72. The Balaban J connectivity index is 1.75. The summed E-state index contributed by atoms with van der Waals surface area (Å²) in [6, 6.07) is 10.9. The van der Waals surface area contributed by atoms with E-state index in [2.05, 4.69) is 20.4 Å². The Hall–Kier alpha value is -2.43. The molecule has 1 aliphatic heterocycles. The monoisotopic (exact) mass is 298 g/mol. The van der Waals surface area contributed by atoms with Crippen molar-refractivity contribution in [1.29, 1.82) is 0 Å². The minimum Gasteiger partial charge on any atom is -0.369 e. The van der Waals surface area contributed by atoms with Crippen LogP contribution in [0.5, 0.6) is 0 Å². The molecule has 1 aromatic heterocycles. The van der Waals surface area contributed by atoms with Crippen LogP contribution in [0.1, 0.15) is 25.3 Å². The predicted octanol–water partition coefficient (Wildman–Crippen LogP) is 3.66. The second-order valence-corrected chi connectivity index (χ2v) is 5.38. The van der Waals surface area contributed by atoms with Crippen LogP contribution in [0.4, 0.5) is 15.9 Å². The van der Waals surface area contributed by atoms with Gasteiger partial charge in [0.05, 0.1) is 11.4 Å². The number of halogens is 1. The summed E-state index contributed by atoms with van der Waals surface area (Å²) in [4.78, 5) is 6.22. The molecule has 114 valence electrons.